The van der Waals surface area contributed by atoms with Crippen LogP contribution in [-0.2, 0) is 17.6 Å². The van der Waals surface area contributed by atoms with Crippen LogP contribution in [0.25, 0.3) is 0 Å². The maximum atomic E-state index is 12.6. The van der Waals surface area contributed by atoms with Gasteiger partial charge in [0.2, 0.25) is 5.91 Å². The summed E-state index contributed by atoms with van der Waals surface area (Å²) in [5.74, 6) is 2.01. The largest absolute Gasteiger partial charge is 0.349 e. The summed E-state index contributed by atoms with van der Waals surface area (Å²) in [6, 6.07) is 13.2. The summed E-state index contributed by atoms with van der Waals surface area (Å²) in [7, 11) is 0. The van der Waals surface area contributed by atoms with Crippen molar-refractivity contribution in [2.24, 2.45) is 5.92 Å². The molecule has 1 aliphatic carbocycles. The lowest BCUT2D eigenvalue weighted by Gasteiger charge is -2.15. The second kappa shape index (κ2) is 10.0. The highest BCUT2D eigenvalue weighted by Gasteiger charge is 2.30. The molecule has 1 aliphatic rings. The minimum Gasteiger partial charge on any atom is -0.349 e. The van der Waals surface area contributed by atoms with Gasteiger partial charge in [-0.15, -0.1) is 21.5 Å². The summed E-state index contributed by atoms with van der Waals surface area (Å²) in [5, 5.41) is 14.9. The minimum absolute atomic E-state index is 0.0168. The minimum atomic E-state index is -0.0168. The third-order valence-electron chi connectivity index (χ3n) is 5.39. The van der Waals surface area contributed by atoms with Crippen LogP contribution < -0.4 is 5.32 Å². The summed E-state index contributed by atoms with van der Waals surface area (Å²) < 4.78 is 2.24. The molecule has 0 spiro atoms. The fraction of sp³-hybridized carbons (Fsp3) is 0.458. The van der Waals surface area contributed by atoms with Gasteiger partial charge < -0.3 is 9.88 Å². The van der Waals surface area contributed by atoms with Crippen LogP contribution >= 0.6 is 23.1 Å². The summed E-state index contributed by atoms with van der Waals surface area (Å²) in [4.78, 5) is 13.9. The number of rotatable bonds is 10. The van der Waals surface area contributed by atoms with Gasteiger partial charge in [-0.3, -0.25) is 4.79 Å². The van der Waals surface area contributed by atoms with E-state index in [9.17, 15) is 4.79 Å². The van der Waals surface area contributed by atoms with Gasteiger partial charge in [-0.1, -0.05) is 55.9 Å². The summed E-state index contributed by atoms with van der Waals surface area (Å²) in [6.07, 6.45) is 4.21. The number of thioether (sulfide) groups is 1. The molecule has 1 fully saturated rings. The average molecular weight is 455 g/mol. The molecule has 2 heterocycles. The highest BCUT2D eigenvalue weighted by atomic mass is 32.2. The summed E-state index contributed by atoms with van der Waals surface area (Å²) in [6.45, 7) is 6.49. The van der Waals surface area contributed by atoms with E-state index in [4.69, 9.17) is 0 Å². The predicted molar refractivity (Wildman–Crippen MR) is 128 cm³/mol. The third kappa shape index (κ3) is 5.98. The molecule has 0 saturated heterocycles. The Morgan fingerprint density at radius 1 is 1.19 bits per heavy atom. The summed E-state index contributed by atoms with van der Waals surface area (Å²) >= 11 is 3.23. The van der Waals surface area contributed by atoms with E-state index >= 15 is 0 Å². The first-order valence-corrected chi connectivity index (χ1v) is 12.8. The van der Waals surface area contributed by atoms with Gasteiger partial charge in [0.25, 0.3) is 0 Å². The Labute approximate surface area is 192 Å². The highest BCUT2D eigenvalue weighted by molar-refractivity contribution is 7.99. The molecule has 1 saturated carbocycles. The molecule has 2 aromatic heterocycles. The third-order valence-corrected chi connectivity index (χ3v) is 7.21. The lowest BCUT2D eigenvalue weighted by molar-refractivity contribution is -0.119. The van der Waals surface area contributed by atoms with Gasteiger partial charge in [-0.25, -0.2) is 0 Å². The number of nitrogens with one attached hydrogen (secondary N) is 1. The first kappa shape index (κ1) is 22.1. The normalized spacial score (nSPS) is 14.7. The maximum absolute atomic E-state index is 12.6. The number of carbonyl (C=O) groups is 1. The Hall–Kier alpha value is -2.12. The molecule has 0 radical (unpaired) electrons. The first-order chi connectivity index (χ1) is 15.0. The topological polar surface area (TPSA) is 59.8 Å². The van der Waals surface area contributed by atoms with Gasteiger partial charge in [0, 0.05) is 17.3 Å². The SMILES string of the molecule is CC(C)Cc1ccc(C(C)NC(=O)CSc2nnc(Cc3cccs3)n2C2CC2)cc1. The van der Waals surface area contributed by atoms with Crippen molar-refractivity contribution in [1.29, 1.82) is 0 Å². The number of hydrogen-bond donors (Lipinski definition) is 1. The van der Waals surface area contributed by atoms with Gasteiger partial charge in [-0.05, 0) is 54.7 Å². The van der Waals surface area contributed by atoms with Crippen molar-refractivity contribution in [3.63, 3.8) is 0 Å². The van der Waals surface area contributed by atoms with Crippen LogP contribution in [0.4, 0.5) is 0 Å². The maximum Gasteiger partial charge on any atom is 0.230 e. The molecule has 5 nitrogen and oxygen atoms in total. The molecular weight excluding hydrogens is 424 g/mol. The second-order valence-electron chi connectivity index (χ2n) is 8.67. The highest BCUT2D eigenvalue weighted by Crippen LogP contribution is 2.39. The van der Waals surface area contributed by atoms with Crippen LogP contribution in [0.2, 0.25) is 0 Å². The number of aromatic nitrogens is 3. The number of hydrogen-bond acceptors (Lipinski definition) is 5. The van der Waals surface area contributed by atoms with Crippen LogP contribution in [0.3, 0.4) is 0 Å². The van der Waals surface area contributed by atoms with E-state index in [0.717, 1.165) is 29.4 Å². The van der Waals surface area contributed by atoms with Gasteiger partial charge >= 0.3 is 0 Å². The van der Waals surface area contributed by atoms with E-state index in [1.165, 1.54) is 35.0 Å². The van der Waals surface area contributed by atoms with Crippen molar-refractivity contribution in [2.45, 2.75) is 63.7 Å². The molecule has 1 unspecified atom stereocenters. The number of thiophene rings is 1. The Balaban J connectivity index is 1.33. The Morgan fingerprint density at radius 3 is 2.61 bits per heavy atom. The number of benzene rings is 1. The van der Waals surface area contributed by atoms with Crippen molar-refractivity contribution in [3.05, 3.63) is 63.6 Å². The predicted octanol–water partition coefficient (Wildman–Crippen LogP) is 5.43. The van der Waals surface area contributed by atoms with Gasteiger partial charge in [-0.2, -0.15) is 0 Å². The van der Waals surface area contributed by atoms with Crippen LogP contribution in [0.1, 0.15) is 67.5 Å². The lowest BCUT2D eigenvalue weighted by Crippen LogP contribution is -2.28. The smallest absolute Gasteiger partial charge is 0.230 e. The molecule has 1 atom stereocenters. The van der Waals surface area contributed by atoms with Crippen molar-refractivity contribution in [3.8, 4) is 0 Å². The molecule has 0 bridgehead atoms. The van der Waals surface area contributed by atoms with Gasteiger partial charge in [0.05, 0.1) is 11.8 Å². The lowest BCUT2D eigenvalue weighted by atomic mass is 10.00. The molecule has 164 valence electrons. The van der Waals surface area contributed by atoms with Crippen LogP contribution in [0.15, 0.2) is 46.9 Å². The molecule has 31 heavy (non-hydrogen) atoms. The molecule has 1 N–H and O–H groups in total. The quantitative estimate of drug-likeness (QED) is 0.415. The van der Waals surface area contributed by atoms with Crippen molar-refractivity contribution in [2.75, 3.05) is 5.75 Å². The van der Waals surface area contributed by atoms with Gasteiger partial charge in [0.1, 0.15) is 5.82 Å². The molecule has 0 aliphatic heterocycles. The van der Waals surface area contributed by atoms with Gasteiger partial charge in [0.15, 0.2) is 5.16 Å². The zero-order valence-electron chi connectivity index (χ0n) is 18.4. The zero-order valence-corrected chi connectivity index (χ0v) is 20.0. The van der Waals surface area contributed by atoms with E-state index in [0.29, 0.717) is 17.7 Å². The molecular formula is C24H30N4OS2. The first-order valence-electron chi connectivity index (χ1n) is 11.0. The Morgan fingerprint density at radius 2 is 1.97 bits per heavy atom. The van der Waals surface area contributed by atoms with E-state index < -0.39 is 0 Å². The van der Waals surface area contributed by atoms with Crippen LogP contribution in [0.5, 0.6) is 0 Å². The number of nitrogens with zero attached hydrogens (tertiary/aromatic N) is 3. The Bertz CT molecular complexity index is 991. The van der Waals surface area contributed by atoms with Crippen LogP contribution in [-0.4, -0.2) is 26.4 Å². The molecule has 1 amide bonds. The van der Waals surface area contributed by atoms with Crippen molar-refractivity contribution < 1.29 is 4.79 Å². The molecule has 1 aromatic carbocycles. The number of amides is 1. The molecule has 7 heteroatoms. The van der Waals surface area contributed by atoms with E-state index in [2.05, 4.69) is 75.7 Å². The van der Waals surface area contributed by atoms with Crippen molar-refractivity contribution in [1.82, 2.24) is 20.1 Å². The fourth-order valence-corrected chi connectivity index (χ4v) is 5.24. The average Bonchev–Trinajstić information content (AvgIpc) is 3.28. The number of carbonyl (C=O) groups excluding carboxylic acids is 1. The second-order valence-corrected chi connectivity index (χ2v) is 10.6. The Kier molecular flexibility index (Phi) is 7.13. The molecule has 4 rings (SSSR count). The zero-order chi connectivity index (χ0) is 21.8. The summed E-state index contributed by atoms with van der Waals surface area (Å²) in [5.41, 5.74) is 2.47. The van der Waals surface area contributed by atoms with Crippen LogP contribution in [0, 0.1) is 5.92 Å². The van der Waals surface area contributed by atoms with E-state index in [1.54, 1.807) is 11.3 Å². The monoisotopic (exact) mass is 454 g/mol. The van der Waals surface area contributed by atoms with E-state index in [-0.39, 0.29) is 11.9 Å². The van der Waals surface area contributed by atoms with E-state index in [1.807, 2.05) is 6.92 Å². The van der Waals surface area contributed by atoms with Crippen molar-refractivity contribution >= 4 is 29.0 Å². The fourth-order valence-electron chi connectivity index (χ4n) is 3.71. The standard InChI is InChI=1S/C24H30N4OS2/c1-16(2)13-18-6-8-19(9-7-18)17(3)25-23(29)15-31-24-27-26-22(28(24)20-10-11-20)14-21-5-4-12-30-21/h4-9,12,16-17,20H,10-11,13-15H2,1-3H3,(H,25,29). The molecule has 3 aromatic rings.